The number of rotatable bonds is 4. The molecule has 118 valence electrons. The highest BCUT2D eigenvalue weighted by Crippen LogP contribution is 2.31. The standard InChI is InChI=1S/C17H22N2O3/c1-5-19-11-14(17(21)22-4)16(20)10-15(19)12-6-8-13(9-7-12)18(2)3/h6-9,11,15H,5,10H2,1-4H3. The van der Waals surface area contributed by atoms with Crippen LogP contribution in [0.2, 0.25) is 0 Å². The number of carbonyl (C=O) groups excluding carboxylic acids is 2. The van der Waals surface area contributed by atoms with Crippen LogP contribution < -0.4 is 4.90 Å². The molecular weight excluding hydrogens is 280 g/mol. The number of ether oxygens (including phenoxy) is 1. The molecule has 0 aliphatic carbocycles. The second kappa shape index (κ2) is 6.64. The van der Waals surface area contributed by atoms with Gasteiger partial charge in [-0.1, -0.05) is 12.1 Å². The minimum Gasteiger partial charge on any atom is -0.465 e. The van der Waals surface area contributed by atoms with Crippen molar-refractivity contribution in [1.82, 2.24) is 4.90 Å². The van der Waals surface area contributed by atoms with E-state index in [0.29, 0.717) is 6.54 Å². The molecule has 2 rings (SSSR count). The summed E-state index contributed by atoms with van der Waals surface area (Å²) in [6.45, 7) is 2.72. The second-order valence-corrected chi connectivity index (χ2v) is 5.49. The summed E-state index contributed by atoms with van der Waals surface area (Å²) >= 11 is 0. The van der Waals surface area contributed by atoms with Crippen LogP contribution in [0.4, 0.5) is 5.69 Å². The number of methoxy groups -OCH3 is 1. The van der Waals surface area contributed by atoms with Gasteiger partial charge in [-0.2, -0.15) is 0 Å². The van der Waals surface area contributed by atoms with Gasteiger partial charge in [-0.25, -0.2) is 4.79 Å². The van der Waals surface area contributed by atoms with Crippen molar-refractivity contribution in [3.8, 4) is 0 Å². The van der Waals surface area contributed by atoms with Crippen LogP contribution in [0.15, 0.2) is 36.0 Å². The first kappa shape index (κ1) is 16.1. The van der Waals surface area contributed by atoms with Crippen LogP contribution in [-0.4, -0.2) is 44.4 Å². The molecule has 0 radical (unpaired) electrons. The Balaban J connectivity index is 2.30. The zero-order valence-corrected chi connectivity index (χ0v) is 13.5. The Morgan fingerprint density at radius 2 is 1.95 bits per heavy atom. The molecule has 0 N–H and O–H groups in total. The van der Waals surface area contributed by atoms with E-state index in [-0.39, 0.29) is 23.8 Å². The molecule has 1 aliphatic rings. The predicted molar refractivity (Wildman–Crippen MR) is 85.6 cm³/mol. The highest BCUT2D eigenvalue weighted by Gasteiger charge is 2.31. The maximum absolute atomic E-state index is 12.2. The zero-order valence-electron chi connectivity index (χ0n) is 13.5. The lowest BCUT2D eigenvalue weighted by Gasteiger charge is -2.34. The smallest absolute Gasteiger partial charge is 0.342 e. The van der Waals surface area contributed by atoms with Crippen molar-refractivity contribution in [2.24, 2.45) is 0 Å². The first-order valence-electron chi connectivity index (χ1n) is 7.34. The lowest BCUT2D eigenvalue weighted by molar-refractivity contribution is -0.138. The third-order valence-corrected chi connectivity index (χ3v) is 3.94. The third kappa shape index (κ3) is 3.13. The van der Waals surface area contributed by atoms with Crippen molar-refractivity contribution >= 4 is 17.4 Å². The van der Waals surface area contributed by atoms with E-state index in [9.17, 15) is 9.59 Å². The van der Waals surface area contributed by atoms with E-state index in [1.807, 2.05) is 55.1 Å². The average molecular weight is 302 g/mol. The summed E-state index contributed by atoms with van der Waals surface area (Å²) in [4.78, 5) is 27.9. The van der Waals surface area contributed by atoms with E-state index in [1.54, 1.807) is 6.20 Å². The lowest BCUT2D eigenvalue weighted by atomic mass is 9.93. The summed E-state index contributed by atoms with van der Waals surface area (Å²) in [5.74, 6) is -0.733. The molecule has 22 heavy (non-hydrogen) atoms. The topological polar surface area (TPSA) is 49.9 Å². The molecule has 5 heteroatoms. The number of carbonyl (C=O) groups is 2. The van der Waals surface area contributed by atoms with Gasteiger partial charge in [0, 0.05) is 38.9 Å². The Labute approximate surface area is 131 Å². The average Bonchev–Trinajstić information content (AvgIpc) is 2.54. The van der Waals surface area contributed by atoms with Gasteiger partial charge in [0.2, 0.25) is 0 Å². The Hall–Kier alpha value is -2.30. The van der Waals surface area contributed by atoms with Crippen LogP contribution in [0, 0.1) is 0 Å². The normalized spacial score (nSPS) is 18.0. The molecule has 1 heterocycles. The van der Waals surface area contributed by atoms with Gasteiger partial charge in [0.15, 0.2) is 5.78 Å². The quantitative estimate of drug-likeness (QED) is 0.630. The summed E-state index contributed by atoms with van der Waals surface area (Å²) in [7, 11) is 5.27. The van der Waals surface area contributed by atoms with Crippen LogP contribution in [0.3, 0.4) is 0 Å². The van der Waals surface area contributed by atoms with Crippen LogP contribution in [-0.2, 0) is 14.3 Å². The van der Waals surface area contributed by atoms with Gasteiger partial charge in [-0.15, -0.1) is 0 Å². The summed E-state index contributed by atoms with van der Waals surface area (Å²) in [5, 5.41) is 0. The molecule has 0 fully saturated rings. The van der Waals surface area contributed by atoms with Crippen molar-refractivity contribution < 1.29 is 14.3 Å². The molecule has 0 saturated carbocycles. The number of nitrogens with zero attached hydrogens (tertiary/aromatic N) is 2. The number of hydrogen-bond donors (Lipinski definition) is 0. The van der Waals surface area contributed by atoms with Crippen LogP contribution >= 0.6 is 0 Å². The van der Waals surface area contributed by atoms with Gasteiger partial charge in [-0.3, -0.25) is 4.79 Å². The van der Waals surface area contributed by atoms with E-state index in [4.69, 9.17) is 0 Å². The van der Waals surface area contributed by atoms with E-state index in [0.717, 1.165) is 11.3 Å². The first-order chi connectivity index (χ1) is 10.5. The monoisotopic (exact) mass is 302 g/mol. The molecule has 1 aromatic carbocycles. The van der Waals surface area contributed by atoms with Gasteiger partial charge < -0.3 is 14.5 Å². The molecule has 0 bridgehead atoms. The molecule has 1 unspecified atom stereocenters. The fraction of sp³-hybridized carbons (Fsp3) is 0.412. The van der Waals surface area contributed by atoms with Gasteiger partial charge >= 0.3 is 5.97 Å². The molecule has 0 spiro atoms. The zero-order chi connectivity index (χ0) is 16.3. The summed E-state index contributed by atoms with van der Waals surface area (Å²) in [5.41, 5.74) is 2.31. The highest BCUT2D eigenvalue weighted by atomic mass is 16.5. The number of hydrogen-bond acceptors (Lipinski definition) is 5. The number of benzene rings is 1. The molecule has 0 aromatic heterocycles. The summed E-state index contributed by atoms with van der Waals surface area (Å²) < 4.78 is 4.68. The fourth-order valence-electron chi connectivity index (χ4n) is 2.62. The van der Waals surface area contributed by atoms with E-state index < -0.39 is 5.97 Å². The summed E-state index contributed by atoms with van der Waals surface area (Å²) in [6.07, 6.45) is 1.91. The van der Waals surface area contributed by atoms with Crippen molar-refractivity contribution in [1.29, 1.82) is 0 Å². The Morgan fingerprint density at radius 3 is 2.45 bits per heavy atom. The minimum atomic E-state index is -0.565. The summed E-state index contributed by atoms with van der Waals surface area (Å²) in [6, 6.07) is 8.10. The van der Waals surface area contributed by atoms with Crippen LogP contribution in [0.5, 0.6) is 0 Å². The largest absolute Gasteiger partial charge is 0.465 e. The molecular formula is C17H22N2O3. The van der Waals surface area contributed by atoms with Crippen molar-refractivity contribution in [2.45, 2.75) is 19.4 Å². The first-order valence-corrected chi connectivity index (χ1v) is 7.34. The second-order valence-electron chi connectivity index (χ2n) is 5.49. The molecule has 0 amide bonds. The maximum atomic E-state index is 12.2. The third-order valence-electron chi connectivity index (χ3n) is 3.94. The highest BCUT2D eigenvalue weighted by molar-refractivity contribution is 6.17. The van der Waals surface area contributed by atoms with Gasteiger partial charge in [0.05, 0.1) is 13.2 Å². The van der Waals surface area contributed by atoms with Crippen molar-refractivity contribution in [2.75, 3.05) is 32.6 Å². The molecule has 0 saturated heterocycles. The Bertz CT molecular complexity index is 590. The predicted octanol–water partition coefficient (Wildman–Crippen LogP) is 2.15. The molecule has 1 atom stereocenters. The number of ketones is 1. The molecule has 1 aromatic rings. The Morgan fingerprint density at radius 1 is 1.32 bits per heavy atom. The minimum absolute atomic E-state index is 0.0397. The molecule has 1 aliphatic heterocycles. The van der Waals surface area contributed by atoms with Gasteiger partial charge in [-0.05, 0) is 24.6 Å². The van der Waals surface area contributed by atoms with Crippen molar-refractivity contribution in [3.05, 3.63) is 41.6 Å². The lowest BCUT2D eigenvalue weighted by Crippen LogP contribution is -2.33. The maximum Gasteiger partial charge on any atom is 0.342 e. The van der Waals surface area contributed by atoms with E-state index in [1.165, 1.54) is 7.11 Å². The van der Waals surface area contributed by atoms with Gasteiger partial charge in [0.25, 0.3) is 0 Å². The van der Waals surface area contributed by atoms with E-state index >= 15 is 0 Å². The Kier molecular flexibility index (Phi) is 4.85. The van der Waals surface area contributed by atoms with Crippen molar-refractivity contribution in [3.63, 3.8) is 0 Å². The number of anilines is 1. The fourth-order valence-corrected chi connectivity index (χ4v) is 2.62. The molecule has 5 nitrogen and oxygen atoms in total. The SMILES string of the molecule is CCN1C=C(C(=O)OC)C(=O)CC1c1ccc(N(C)C)cc1. The number of Topliss-reactive ketones (excluding diaryl/α,β-unsaturated/α-hetero) is 1. The number of esters is 1. The van der Waals surface area contributed by atoms with Crippen LogP contribution in [0.25, 0.3) is 0 Å². The van der Waals surface area contributed by atoms with Gasteiger partial charge in [0.1, 0.15) is 5.57 Å². The van der Waals surface area contributed by atoms with E-state index in [2.05, 4.69) is 4.74 Å². The van der Waals surface area contributed by atoms with Crippen LogP contribution in [0.1, 0.15) is 24.9 Å².